The van der Waals surface area contributed by atoms with Crippen molar-refractivity contribution in [3.05, 3.63) is 97.1 Å². The van der Waals surface area contributed by atoms with Gasteiger partial charge in [-0.25, -0.2) is 0 Å². The number of benzene rings is 4. The van der Waals surface area contributed by atoms with Gasteiger partial charge in [-0.05, 0) is 61.4 Å². The smallest absolute Gasteiger partial charge is 0.137 e. The van der Waals surface area contributed by atoms with Crippen LogP contribution in [0.1, 0.15) is 13.8 Å². The molecule has 0 amide bonds. The van der Waals surface area contributed by atoms with E-state index in [0.29, 0.717) is 6.04 Å². The van der Waals surface area contributed by atoms with Gasteiger partial charge in [0.05, 0.1) is 11.1 Å². The first kappa shape index (κ1) is 17.6. The standard InChI is InChI=1S/C27H23NO/c1-19(2)28(22-12-7-4-8-13-22)24-14-9-15-26-27(24)23-18-21(16-17-25(23)29-26)20-10-5-3-6-11-20/h3-19H,1-2H3. The third-order valence-electron chi connectivity index (χ3n) is 5.39. The summed E-state index contributed by atoms with van der Waals surface area (Å²) in [5.41, 5.74) is 6.61. The lowest BCUT2D eigenvalue weighted by Gasteiger charge is -2.29. The second-order valence-corrected chi connectivity index (χ2v) is 7.63. The predicted molar refractivity (Wildman–Crippen MR) is 123 cm³/mol. The maximum absolute atomic E-state index is 6.22. The van der Waals surface area contributed by atoms with Crippen molar-refractivity contribution < 1.29 is 4.42 Å². The van der Waals surface area contributed by atoms with Crippen LogP contribution in [0.2, 0.25) is 0 Å². The minimum Gasteiger partial charge on any atom is -0.456 e. The van der Waals surface area contributed by atoms with Gasteiger partial charge in [-0.2, -0.15) is 0 Å². The largest absolute Gasteiger partial charge is 0.456 e. The normalized spacial score (nSPS) is 11.4. The van der Waals surface area contributed by atoms with Crippen LogP contribution < -0.4 is 4.90 Å². The van der Waals surface area contributed by atoms with Crippen molar-refractivity contribution in [3.63, 3.8) is 0 Å². The van der Waals surface area contributed by atoms with Crippen LogP contribution in [-0.2, 0) is 0 Å². The highest BCUT2D eigenvalue weighted by atomic mass is 16.3. The van der Waals surface area contributed by atoms with E-state index in [-0.39, 0.29) is 0 Å². The maximum atomic E-state index is 6.22. The molecule has 0 aliphatic carbocycles. The topological polar surface area (TPSA) is 16.4 Å². The number of hydrogen-bond acceptors (Lipinski definition) is 2. The number of para-hydroxylation sites is 1. The molecule has 2 heteroatoms. The number of rotatable bonds is 4. The Bertz CT molecular complexity index is 1270. The van der Waals surface area contributed by atoms with Gasteiger partial charge < -0.3 is 9.32 Å². The van der Waals surface area contributed by atoms with Crippen molar-refractivity contribution in [1.29, 1.82) is 0 Å². The summed E-state index contributed by atoms with van der Waals surface area (Å²) >= 11 is 0. The molecule has 0 N–H and O–H groups in total. The molecule has 5 aromatic rings. The zero-order chi connectivity index (χ0) is 19.8. The highest BCUT2D eigenvalue weighted by Gasteiger charge is 2.19. The van der Waals surface area contributed by atoms with Gasteiger partial charge in [0.25, 0.3) is 0 Å². The fourth-order valence-electron chi connectivity index (χ4n) is 4.12. The lowest BCUT2D eigenvalue weighted by Crippen LogP contribution is -2.25. The average Bonchev–Trinajstić information content (AvgIpc) is 3.14. The molecule has 1 heterocycles. The fraction of sp³-hybridized carbons (Fsp3) is 0.111. The average molecular weight is 377 g/mol. The van der Waals surface area contributed by atoms with E-state index in [1.165, 1.54) is 22.5 Å². The summed E-state index contributed by atoms with van der Waals surface area (Å²) < 4.78 is 6.22. The first-order chi connectivity index (χ1) is 14.2. The van der Waals surface area contributed by atoms with Gasteiger partial charge in [-0.1, -0.05) is 60.7 Å². The summed E-state index contributed by atoms with van der Waals surface area (Å²) in [7, 11) is 0. The van der Waals surface area contributed by atoms with Crippen LogP contribution in [0, 0.1) is 0 Å². The Hall–Kier alpha value is -3.52. The predicted octanol–water partition coefficient (Wildman–Crippen LogP) is 7.80. The second kappa shape index (κ2) is 7.14. The molecule has 29 heavy (non-hydrogen) atoms. The van der Waals surface area contributed by atoms with Crippen LogP contribution >= 0.6 is 0 Å². The molecule has 0 aliphatic heterocycles. The van der Waals surface area contributed by atoms with Gasteiger partial charge >= 0.3 is 0 Å². The van der Waals surface area contributed by atoms with E-state index >= 15 is 0 Å². The van der Waals surface area contributed by atoms with E-state index in [4.69, 9.17) is 4.42 Å². The molecule has 0 saturated heterocycles. The highest BCUT2D eigenvalue weighted by Crippen LogP contribution is 2.40. The van der Waals surface area contributed by atoms with Crippen LogP contribution in [-0.4, -0.2) is 6.04 Å². The van der Waals surface area contributed by atoms with E-state index in [9.17, 15) is 0 Å². The Morgan fingerprint density at radius 3 is 2.10 bits per heavy atom. The molecule has 0 fully saturated rings. The Kier molecular flexibility index (Phi) is 4.33. The minimum absolute atomic E-state index is 0.310. The van der Waals surface area contributed by atoms with Crippen LogP contribution in [0.3, 0.4) is 0 Å². The van der Waals surface area contributed by atoms with E-state index < -0.39 is 0 Å². The summed E-state index contributed by atoms with van der Waals surface area (Å²) in [6, 6.07) is 34.2. The highest BCUT2D eigenvalue weighted by molar-refractivity contribution is 6.13. The number of furan rings is 1. The maximum Gasteiger partial charge on any atom is 0.137 e. The molecule has 0 aliphatic rings. The SMILES string of the molecule is CC(C)N(c1ccccc1)c1cccc2oc3ccc(-c4ccccc4)cc3c12. The van der Waals surface area contributed by atoms with Gasteiger partial charge in [0.15, 0.2) is 0 Å². The van der Waals surface area contributed by atoms with E-state index in [1.807, 2.05) is 6.07 Å². The Labute approximate surface area is 171 Å². The Balaban J connectivity index is 1.78. The second-order valence-electron chi connectivity index (χ2n) is 7.63. The first-order valence-electron chi connectivity index (χ1n) is 10.1. The molecule has 4 aromatic carbocycles. The van der Waals surface area contributed by atoms with E-state index in [0.717, 1.165) is 21.9 Å². The van der Waals surface area contributed by atoms with E-state index in [1.54, 1.807) is 0 Å². The zero-order valence-corrected chi connectivity index (χ0v) is 16.7. The Morgan fingerprint density at radius 1 is 0.655 bits per heavy atom. The monoisotopic (exact) mass is 377 g/mol. The lowest BCUT2D eigenvalue weighted by molar-refractivity contribution is 0.669. The first-order valence-corrected chi connectivity index (χ1v) is 10.1. The van der Waals surface area contributed by atoms with Crippen LogP contribution in [0.15, 0.2) is 101 Å². The molecule has 2 nitrogen and oxygen atoms in total. The number of nitrogens with zero attached hydrogens (tertiary/aromatic N) is 1. The summed E-state index contributed by atoms with van der Waals surface area (Å²) in [4.78, 5) is 2.38. The van der Waals surface area contributed by atoms with Gasteiger partial charge in [-0.15, -0.1) is 0 Å². The third kappa shape index (κ3) is 3.07. The number of fused-ring (bicyclic) bond motifs is 3. The van der Waals surface area contributed by atoms with Crippen molar-refractivity contribution >= 4 is 33.3 Å². The fourth-order valence-corrected chi connectivity index (χ4v) is 4.12. The Morgan fingerprint density at radius 2 is 1.38 bits per heavy atom. The van der Waals surface area contributed by atoms with Crippen molar-refractivity contribution in [2.75, 3.05) is 4.90 Å². The van der Waals surface area contributed by atoms with Gasteiger partial charge in [0, 0.05) is 17.1 Å². The minimum atomic E-state index is 0.310. The quantitative estimate of drug-likeness (QED) is 0.318. The molecule has 0 bridgehead atoms. The van der Waals surface area contributed by atoms with Crippen molar-refractivity contribution in [1.82, 2.24) is 0 Å². The molecular formula is C27H23NO. The summed E-state index contributed by atoms with van der Waals surface area (Å²) in [5.74, 6) is 0. The van der Waals surface area contributed by atoms with Crippen LogP contribution in [0.25, 0.3) is 33.1 Å². The summed E-state index contributed by atoms with van der Waals surface area (Å²) in [5, 5.41) is 2.32. The van der Waals surface area contributed by atoms with Gasteiger partial charge in [0.2, 0.25) is 0 Å². The molecule has 0 unspecified atom stereocenters. The molecule has 0 saturated carbocycles. The molecule has 142 valence electrons. The number of anilines is 2. The van der Waals surface area contributed by atoms with Gasteiger partial charge in [-0.3, -0.25) is 0 Å². The van der Waals surface area contributed by atoms with Gasteiger partial charge in [0.1, 0.15) is 11.2 Å². The third-order valence-corrected chi connectivity index (χ3v) is 5.39. The number of hydrogen-bond donors (Lipinski definition) is 0. The molecular weight excluding hydrogens is 354 g/mol. The molecule has 0 radical (unpaired) electrons. The van der Waals surface area contributed by atoms with Crippen molar-refractivity contribution in [2.24, 2.45) is 0 Å². The van der Waals surface area contributed by atoms with Crippen LogP contribution in [0.5, 0.6) is 0 Å². The van der Waals surface area contributed by atoms with E-state index in [2.05, 4.69) is 110 Å². The zero-order valence-electron chi connectivity index (χ0n) is 16.7. The summed E-state index contributed by atoms with van der Waals surface area (Å²) in [6.07, 6.45) is 0. The lowest BCUT2D eigenvalue weighted by atomic mass is 10.0. The molecule has 0 atom stereocenters. The molecule has 1 aromatic heterocycles. The van der Waals surface area contributed by atoms with Crippen LogP contribution in [0.4, 0.5) is 11.4 Å². The molecule has 0 spiro atoms. The van der Waals surface area contributed by atoms with Crippen molar-refractivity contribution in [3.8, 4) is 11.1 Å². The summed E-state index contributed by atoms with van der Waals surface area (Å²) in [6.45, 7) is 4.45. The van der Waals surface area contributed by atoms with Crippen molar-refractivity contribution in [2.45, 2.75) is 19.9 Å². The molecule has 5 rings (SSSR count).